The quantitative estimate of drug-likeness (QED) is 0.128. The molecule has 398 valence electrons. The van der Waals surface area contributed by atoms with Crippen LogP contribution < -0.4 is 0 Å². The molecular formula is C82H60N2. The van der Waals surface area contributed by atoms with E-state index < -0.39 is 0 Å². The van der Waals surface area contributed by atoms with E-state index in [1.54, 1.807) is 0 Å². The number of para-hydroxylation sites is 4. The Hall–Kier alpha value is -10.3. The maximum Gasteiger partial charge on any atom is 0.0541 e. The minimum absolute atomic E-state index is 0.152. The Balaban J connectivity index is 0.611. The molecule has 0 saturated heterocycles. The average Bonchev–Trinajstić information content (AvgIpc) is 2.75. The van der Waals surface area contributed by atoms with Crippen molar-refractivity contribution in [2.75, 3.05) is 0 Å². The second-order valence-corrected chi connectivity index (χ2v) is 24.1. The van der Waals surface area contributed by atoms with Crippen LogP contribution >= 0.6 is 0 Å². The Kier molecular flexibility index (Phi) is 11.3. The molecule has 14 aromatic rings. The van der Waals surface area contributed by atoms with Crippen LogP contribution in [-0.4, -0.2) is 9.13 Å². The molecule has 0 radical (unpaired) electrons. The molecule has 16 rings (SSSR count). The zero-order valence-corrected chi connectivity index (χ0v) is 47.6. The van der Waals surface area contributed by atoms with Gasteiger partial charge in [-0.15, -0.1) is 0 Å². The Labute approximate surface area is 491 Å². The Morgan fingerprint density at radius 1 is 0.238 bits per heavy atom. The molecule has 84 heavy (non-hydrogen) atoms. The number of aromatic nitrogens is 2. The fraction of sp³-hybridized carbons (Fsp3) is 0.0732. The molecule has 0 N–H and O–H groups in total. The normalized spacial score (nSPS) is 13.8. The monoisotopic (exact) mass is 1070 g/mol. The lowest BCUT2D eigenvalue weighted by Crippen LogP contribution is -2.15. The summed E-state index contributed by atoms with van der Waals surface area (Å²) in [5.41, 5.74) is 29.9. The number of hydrogen-bond acceptors (Lipinski definition) is 0. The number of nitrogens with zero attached hydrogens (tertiary/aromatic N) is 2. The van der Waals surface area contributed by atoms with Crippen molar-refractivity contribution in [3.63, 3.8) is 0 Å². The fourth-order valence-corrected chi connectivity index (χ4v) is 14.1. The molecule has 0 unspecified atom stereocenters. The minimum Gasteiger partial charge on any atom is -0.309 e. The number of hydrogen-bond donors (Lipinski definition) is 0. The summed E-state index contributed by atoms with van der Waals surface area (Å²) in [6.07, 6.45) is 9.02. The van der Waals surface area contributed by atoms with E-state index in [1.807, 2.05) is 0 Å². The second kappa shape index (κ2) is 19.2. The van der Waals surface area contributed by atoms with Gasteiger partial charge in [-0.05, 0) is 173 Å². The molecule has 0 atom stereocenters. The molecule has 0 saturated carbocycles. The highest BCUT2D eigenvalue weighted by atomic mass is 15.0. The largest absolute Gasteiger partial charge is 0.309 e. The summed E-state index contributed by atoms with van der Waals surface area (Å²) in [6, 6.07) is 98.8. The maximum absolute atomic E-state index is 2.46. The maximum atomic E-state index is 2.46. The third kappa shape index (κ3) is 8.00. The van der Waals surface area contributed by atoms with E-state index in [4.69, 9.17) is 0 Å². The highest BCUT2D eigenvalue weighted by Crippen LogP contribution is 2.53. The molecule has 2 aliphatic carbocycles. The zero-order chi connectivity index (χ0) is 56.3. The van der Waals surface area contributed by atoms with Crippen LogP contribution in [0.15, 0.2) is 267 Å². The van der Waals surface area contributed by atoms with E-state index in [0.717, 1.165) is 0 Å². The summed E-state index contributed by atoms with van der Waals surface area (Å²) in [5, 5.41) is 5.06. The highest BCUT2D eigenvalue weighted by molar-refractivity contribution is 6.12. The third-order valence-electron chi connectivity index (χ3n) is 18.5. The van der Waals surface area contributed by atoms with Crippen molar-refractivity contribution < 1.29 is 0 Å². The molecule has 2 nitrogen and oxygen atoms in total. The summed E-state index contributed by atoms with van der Waals surface area (Å²) < 4.78 is 4.74. The van der Waals surface area contributed by atoms with E-state index in [0.29, 0.717) is 0 Å². The summed E-state index contributed by atoms with van der Waals surface area (Å²) in [6.45, 7) is 9.56. The zero-order valence-electron chi connectivity index (χ0n) is 47.6. The van der Waals surface area contributed by atoms with Gasteiger partial charge in [-0.1, -0.05) is 246 Å². The number of benzene rings is 12. The van der Waals surface area contributed by atoms with E-state index in [1.165, 1.54) is 155 Å². The molecule has 0 fully saturated rings. The average molecular weight is 1070 g/mol. The minimum atomic E-state index is -0.152. The SMILES string of the molecule is CC1(C)c2cc(C=Cc3ccc(-c4ccc5c(c4)c4ccccc4n5-c4ccccc4)cc3)ccc2-c2ccc(-c3ccc4c(c3)C(C)(C)c3cc(C=Cc5ccc(-c6ccc7c(c6)c6ccccc6n7-c6ccccc6)cc5)ccc3-4)cc21. The van der Waals surface area contributed by atoms with E-state index in [9.17, 15) is 0 Å². The van der Waals surface area contributed by atoms with Crippen LogP contribution in [0.3, 0.4) is 0 Å². The molecule has 0 aliphatic heterocycles. The molecule has 0 amide bonds. The first-order valence-electron chi connectivity index (χ1n) is 29.5. The summed E-state index contributed by atoms with van der Waals surface area (Å²) in [7, 11) is 0. The van der Waals surface area contributed by atoms with Gasteiger partial charge in [0.2, 0.25) is 0 Å². The van der Waals surface area contributed by atoms with Crippen LogP contribution in [0.25, 0.3) is 135 Å². The van der Waals surface area contributed by atoms with Gasteiger partial charge in [0, 0.05) is 43.7 Å². The van der Waals surface area contributed by atoms with Gasteiger partial charge < -0.3 is 9.13 Å². The first-order chi connectivity index (χ1) is 41.1. The van der Waals surface area contributed by atoms with Crippen LogP contribution in [0.2, 0.25) is 0 Å². The predicted molar refractivity (Wildman–Crippen MR) is 357 cm³/mol. The van der Waals surface area contributed by atoms with Crippen molar-refractivity contribution in [3.05, 3.63) is 311 Å². The number of fused-ring (bicyclic) bond motifs is 12. The van der Waals surface area contributed by atoms with Crippen molar-refractivity contribution in [1.82, 2.24) is 9.13 Å². The highest BCUT2D eigenvalue weighted by Gasteiger charge is 2.38. The fourth-order valence-electron chi connectivity index (χ4n) is 14.1. The van der Waals surface area contributed by atoms with E-state index in [-0.39, 0.29) is 10.8 Å². The lowest BCUT2D eigenvalue weighted by atomic mass is 9.80. The van der Waals surface area contributed by atoms with E-state index >= 15 is 0 Å². The standard InChI is InChI=1S/C82H60N2/c1-81(2)73-47-55(25-23-53-27-33-57(34-28-53)59-39-45-79-71(49-59)69-19-11-13-21-77(69)83(79)63-15-7-5-8-16-63)31-41-65(73)67-43-37-61(51-75(67)81)62-38-44-68-66-42-32-56(48-74(66)82(3,4)76(68)52-62)26-24-54-29-35-58(36-30-54)60-40-46-80-72(50-60)70-20-12-14-22-78(70)84(80)64-17-9-6-10-18-64/h5-52H,1-4H3. The van der Waals surface area contributed by atoms with Crippen LogP contribution in [-0.2, 0) is 10.8 Å². The topological polar surface area (TPSA) is 9.86 Å². The molecule has 2 aliphatic rings. The summed E-state index contributed by atoms with van der Waals surface area (Å²) in [5.74, 6) is 0. The lowest BCUT2D eigenvalue weighted by Gasteiger charge is -2.23. The Morgan fingerprint density at radius 3 is 0.952 bits per heavy atom. The third-order valence-corrected chi connectivity index (χ3v) is 18.5. The molecule has 2 aromatic heterocycles. The van der Waals surface area contributed by atoms with Crippen molar-refractivity contribution in [1.29, 1.82) is 0 Å². The van der Waals surface area contributed by atoms with Gasteiger partial charge in [0.25, 0.3) is 0 Å². The van der Waals surface area contributed by atoms with Gasteiger partial charge in [-0.3, -0.25) is 0 Å². The van der Waals surface area contributed by atoms with Crippen molar-refractivity contribution in [3.8, 4) is 67.0 Å². The van der Waals surface area contributed by atoms with Crippen LogP contribution in [0.5, 0.6) is 0 Å². The molecule has 0 spiro atoms. The Morgan fingerprint density at radius 2 is 0.536 bits per heavy atom. The molecule has 12 aromatic carbocycles. The Bertz CT molecular complexity index is 4700. The first kappa shape index (κ1) is 49.5. The van der Waals surface area contributed by atoms with Crippen molar-refractivity contribution in [2.45, 2.75) is 38.5 Å². The van der Waals surface area contributed by atoms with Gasteiger partial charge in [-0.2, -0.15) is 0 Å². The smallest absolute Gasteiger partial charge is 0.0541 e. The number of rotatable bonds is 9. The molecule has 0 bridgehead atoms. The molecular weight excluding hydrogens is 1010 g/mol. The van der Waals surface area contributed by atoms with Gasteiger partial charge in [-0.25, -0.2) is 0 Å². The van der Waals surface area contributed by atoms with Gasteiger partial charge >= 0.3 is 0 Å². The van der Waals surface area contributed by atoms with Gasteiger partial charge in [0.05, 0.1) is 22.1 Å². The summed E-state index contributed by atoms with van der Waals surface area (Å²) in [4.78, 5) is 0. The molecule has 2 heterocycles. The van der Waals surface area contributed by atoms with Crippen LogP contribution in [0, 0.1) is 0 Å². The molecule has 2 heteroatoms. The van der Waals surface area contributed by atoms with Gasteiger partial charge in [0.1, 0.15) is 0 Å². The van der Waals surface area contributed by atoms with E-state index in [2.05, 4.69) is 328 Å². The first-order valence-corrected chi connectivity index (χ1v) is 29.5. The van der Waals surface area contributed by atoms with Crippen molar-refractivity contribution >= 4 is 67.9 Å². The van der Waals surface area contributed by atoms with Gasteiger partial charge in [0.15, 0.2) is 0 Å². The van der Waals surface area contributed by atoms with Crippen LogP contribution in [0.1, 0.15) is 72.2 Å². The van der Waals surface area contributed by atoms with Crippen molar-refractivity contribution in [2.24, 2.45) is 0 Å². The summed E-state index contributed by atoms with van der Waals surface area (Å²) >= 11 is 0. The predicted octanol–water partition coefficient (Wildman–Crippen LogP) is 21.8. The lowest BCUT2D eigenvalue weighted by molar-refractivity contribution is 0.659. The van der Waals surface area contributed by atoms with Crippen LogP contribution in [0.4, 0.5) is 0 Å². The second-order valence-electron chi connectivity index (χ2n) is 24.1.